The van der Waals surface area contributed by atoms with Crippen molar-refractivity contribution in [3.8, 4) is 0 Å². The lowest BCUT2D eigenvalue weighted by molar-refractivity contribution is -0.146. The molecule has 0 spiro atoms. The fourth-order valence-corrected chi connectivity index (χ4v) is 2.54. The van der Waals surface area contributed by atoms with Crippen molar-refractivity contribution in [3.63, 3.8) is 0 Å². The number of nitrogens with two attached hydrogens (primary N) is 1. The van der Waals surface area contributed by atoms with E-state index < -0.39 is 30.5 Å². The molecule has 0 saturated heterocycles. The van der Waals surface area contributed by atoms with E-state index in [0.717, 1.165) is 5.56 Å². The smallest absolute Gasteiger partial charge is 0.419 e. The van der Waals surface area contributed by atoms with E-state index >= 15 is 0 Å². The van der Waals surface area contributed by atoms with Crippen LogP contribution >= 0.6 is 11.6 Å². The number of benzene rings is 1. The summed E-state index contributed by atoms with van der Waals surface area (Å²) in [5.41, 5.74) is 5.99. The Morgan fingerprint density at radius 1 is 1.40 bits per heavy atom. The van der Waals surface area contributed by atoms with Crippen LogP contribution in [0, 0.1) is 0 Å². The predicted octanol–water partition coefficient (Wildman–Crippen LogP) is 0.426. The van der Waals surface area contributed by atoms with Gasteiger partial charge in [0.1, 0.15) is 6.61 Å². The van der Waals surface area contributed by atoms with Gasteiger partial charge in [-0.2, -0.15) is 0 Å². The number of ether oxygens (including phenoxy) is 1. The van der Waals surface area contributed by atoms with Crippen LogP contribution in [0.3, 0.4) is 0 Å². The van der Waals surface area contributed by atoms with Gasteiger partial charge in [-0.05, 0) is 24.1 Å². The molecule has 0 atom stereocenters. The second kappa shape index (κ2) is 8.01. The number of rotatable bonds is 8. The zero-order chi connectivity index (χ0) is 18.6. The van der Waals surface area contributed by atoms with Gasteiger partial charge in [-0.3, -0.25) is 9.36 Å². The molecule has 0 unspecified atom stereocenters. The first kappa shape index (κ1) is 19.5. The fourth-order valence-electron chi connectivity index (χ4n) is 2.25. The summed E-state index contributed by atoms with van der Waals surface area (Å²) in [6.07, 6.45) is 0.598. The summed E-state index contributed by atoms with van der Waals surface area (Å²) in [4.78, 5) is 23.8. The Kier molecular flexibility index (Phi) is 6.23. The number of esters is 1. The largest absolute Gasteiger partial charge is 0.463 e. The normalized spacial score (nSPS) is 11.9. The third kappa shape index (κ3) is 4.40. The lowest BCUT2D eigenvalue weighted by Crippen LogP contribution is -2.51. The quantitative estimate of drug-likeness (QED) is 0.573. The van der Waals surface area contributed by atoms with Crippen molar-refractivity contribution in [2.75, 3.05) is 19.8 Å². The Morgan fingerprint density at radius 2 is 2.08 bits per heavy atom. The number of hydrogen-bond donors (Lipinski definition) is 3. The summed E-state index contributed by atoms with van der Waals surface area (Å²) < 4.78 is 11.4. The number of oxazole rings is 1. The molecular formula is C16H21ClN2O6. The Labute approximate surface area is 148 Å². The number of carbonyl (C=O) groups is 1. The van der Waals surface area contributed by atoms with Crippen molar-refractivity contribution < 1.29 is 24.2 Å². The number of aromatic nitrogens is 1. The van der Waals surface area contributed by atoms with Crippen LogP contribution in [-0.4, -0.2) is 46.1 Å². The van der Waals surface area contributed by atoms with Crippen LogP contribution in [0.1, 0.15) is 18.9 Å². The monoisotopic (exact) mass is 372 g/mol. The van der Waals surface area contributed by atoms with E-state index in [1.165, 1.54) is 4.57 Å². The van der Waals surface area contributed by atoms with Gasteiger partial charge in [0.05, 0.1) is 30.7 Å². The Hall–Kier alpha value is -1.87. The molecule has 1 heterocycles. The van der Waals surface area contributed by atoms with Gasteiger partial charge in [0, 0.05) is 11.6 Å². The van der Waals surface area contributed by atoms with Crippen molar-refractivity contribution in [1.82, 2.24) is 4.57 Å². The minimum atomic E-state index is -1.39. The van der Waals surface area contributed by atoms with Crippen LogP contribution < -0.4 is 11.5 Å². The number of fused-ring (bicyclic) bond motifs is 1. The molecule has 138 valence electrons. The van der Waals surface area contributed by atoms with Crippen LogP contribution in [0.25, 0.3) is 11.1 Å². The van der Waals surface area contributed by atoms with Gasteiger partial charge in [0.2, 0.25) is 0 Å². The lowest BCUT2D eigenvalue weighted by atomic mass is 10.1. The molecule has 1 aromatic carbocycles. The molecule has 0 aliphatic rings. The Balaban J connectivity index is 2.08. The molecule has 0 fully saturated rings. The van der Waals surface area contributed by atoms with Crippen molar-refractivity contribution in [3.05, 3.63) is 33.3 Å². The summed E-state index contributed by atoms with van der Waals surface area (Å²) in [5.74, 6) is -1.21. The summed E-state index contributed by atoms with van der Waals surface area (Å²) in [5, 5.41) is 18.6. The van der Waals surface area contributed by atoms with Crippen molar-refractivity contribution >= 4 is 28.7 Å². The maximum absolute atomic E-state index is 12.0. The molecule has 9 heteroatoms. The third-order valence-corrected chi connectivity index (χ3v) is 4.26. The van der Waals surface area contributed by atoms with Gasteiger partial charge in [-0.1, -0.05) is 18.5 Å². The molecule has 25 heavy (non-hydrogen) atoms. The molecule has 0 aliphatic carbocycles. The Morgan fingerprint density at radius 3 is 2.68 bits per heavy atom. The number of nitrogens with zero attached hydrogens (tertiary/aromatic N) is 1. The van der Waals surface area contributed by atoms with E-state index in [1.54, 1.807) is 12.1 Å². The molecule has 2 aromatic rings. The predicted molar refractivity (Wildman–Crippen MR) is 91.5 cm³/mol. The molecule has 0 amide bonds. The number of aryl methyl sites for hydroxylation is 2. The van der Waals surface area contributed by atoms with E-state index in [2.05, 4.69) is 0 Å². The second-order valence-corrected chi connectivity index (χ2v) is 6.28. The summed E-state index contributed by atoms with van der Waals surface area (Å²) in [7, 11) is 0. The SMILES string of the molecule is CCc1cc2oc(=O)n(CCC(=O)OCC(N)(CO)CO)c2cc1Cl. The number of hydrogen-bond acceptors (Lipinski definition) is 7. The molecule has 0 bridgehead atoms. The van der Waals surface area contributed by atoms with Crippen LogP contribution in [0.5, 0.6) is 0 Å². The van der Waals surface area contributed by atoms with Gasteiger partial charge in [-0.15, -0.1) is 0 Å². The van der Waals surface area contributed by atoms with Crippen LogP contribution in [0.2, 0.25) is 5.02 Å². The minimum absolute atomic E-state index is 0.0439. The topological polar surface area (TPSA) is 128 Å². The molecular weight excluding hydrogens is 352 g/mol. The highest BCUT2D eigenvalue weighted by molar-refractivity contribution is 6.32. The fraction of sp³-hybridized carbons (Fsp3) is 0.500. The van der Waals surface area contributed by atoms with E-state index in [9.17, 15) is 9.59 Å². The minimum Gasteiger partial charge on any atom is -0.463 e. The zero-order valence-electron chi connectivity index (χ0n) is 13.8. The maximum atomic E-state index is 12.0. The lowest BCUT2D eigenvalue weighted by Gasteiger charge is -2.23. The summed E-state index contributed by atoms with van der Waals surface area (Å²) in [6, 6.07) is 3.34. The van der Waals surface area contributed by atoms with Crippen molar-refractivity contribution in [2.24, 2.45) is 5.73 Å². The summed E-state index contributed by atoms with van der Waals surface area (Å²) >= 11 is 6.17. The number of halogens is 1. The highest BCUT2D eigenvalue weighted by Gasteiger charge is 2.25. The first-order valence-corrected chi connectivity index (χ1v) is 8.19. The van der Waals surface area contributed by atoms with E-state index in [-0.39, 0.29) is 19.6 Å². The number of carbonyl (C=O) groups excluding carboxylic acids is 1. The standard InChI is InChI=1S/C16H21ClN2O6/c1-2-10-5-13-12(6-11(10)17)19(15(23)25-13)4-3-14(22)24-9-16(18,7-20)8-21/h5-6,20-21H,2-4,7-9,18H2,1H3. The van der Waals surface area contributed by atoms with E-state index in [0.29, 0.717) is 22.5 Å². The average molecular weight is 373 g/mol. The highest BCUT2D eigenvalue weighted by Crippen LogP contribution is 2.24. The van der Waals surface area contributed by atoms with E-state index in [4.69, 9.17) is 36.7 Å². The molecule has 2 rings (SSSR count). The van der Waals surface area contributed by atoms with Gasteiger partial charge < -0.3 is 25.1 Å². The van der Waals surface area contributed by atoms with Crippen LogP contribution in [-0.2, 0) is 22.5 Å². The molecule has 8 nitrogen and oxygen atoms in total. The number of aliphatic hydroxyl groups excluding tert-OH is 2. The first-order chi connectivity index (χ1) is 11.8. The second-order valence-electron chi connectivity index (χ2n) is 5.87. The van der Waals surface area contributed by atoms with Gasteiger partial charge >= 0.3 is 11.7 Å². The third-order valence-electron chi connectivity index (χ3n) is 3.91. The Bertz CT molecular complexity index is 809. The van der Waals surface area contributed by atoms with Gasteiger partial charge in [0.25, 0.3) is 0 Å². The number of aliphatic hydroxyl groups is 2. The first-order valence-electron chi connectivity index (χ1n) is 7.81. The zero-order valence-corrected chi connectivity index (χ0v) is 14.6. The summed E-state index contributed by atoms with van der Waals surface area (Å²) in [6.45, 7) is 0.601. The molecule has 1 aromatic heterocycles. The van der Waals surface area contributed by atoms with Crippen molar-refractivity contribution in [1.29, 1.82) is 0 Å². The van der Waals surface area contributed by atoms with Gasteiger partial charge in [-0.25, -0.2) is 4.79 Å². The average Bonchev–Trinajstić information content (AvgIpc) is 2.91. The molecule has 0 saturated carbocycles. The van der Waals surface area contributed by atoms with Gasteiger partial charge in [0.15, 0.2) is 5.58 Å². The van der Waals surface area contributed by atoms with Crippen molar-refractivity contribution in [2.45, 2.75) is 31.8 Å². The molecule has 0 aliphatic heterocycles. The molecule has 4 N–H and O–H groups in total. The highest BCUT2D eigenvalue weighted by atomic mass is 35.5. The molecule has 0 radical (unpaired) electrons. The maximum Gasteiger partial charge on any atom is 0.419 e. The van der Waals surface area contributed by atoms with Crippen LogP contribution in [0.15, 0.2) is 21.3 Å². The van der Waals surface area contributed by atoms with Crippen LogP contribution in [0.4, 0.5) is 0 Å². The van der Waals surface area contributed by atoms with E-state index in [1.807, 2.05) is 6.92 Å².